The number of carbonyl (C=O) groups is 1. The van der Waals surface area contributed by atoms with E-state index in [1.807, 2.05) is 15.6 Å². The lowest BCUT2D eigenvalue weighted by atomic mass is 9.90. The van der Waals surface area contributed by atoms with E-state index in [9.17, 15) is 4.79 Å². The molecule has 1 amide bonds. The van der Waals surface area contributed by atoms with Gasteiger partial charge in [-0.3, -0.25) is 9.78 Å². The highest BCUT2D eigenvalue weighted by Crippen LogP contribution is 2.33. The molecule has 0 aromatic carbocycles. The number of pyridine rings is 1. The van der Waals surface area contributed by atoms with E-state index in [1.165, 1.54) is 37.2 Å². The normalized spacial score (nSPS) is 20.2. The maximum absolute atomic E-state index is 12.4. The SMILES string of the molecule is CC(C)N1CCC(c2ccc(-c3cc4c(N5CCN(C(=O)C6CC6)CC5)ccnn4c3)nc2)CC1. The third kappa shape index (κ3) is 4.54. The summed E-state index contributed by atoms with van der Waals surface area (Å²) in [6, 6.07) is 9.36. The maximum atomic E-state index is 12.4. The third-order valence-corrected chi connectivity index (χ3v) is 8.16. The molecule has 3 aromatic heterocycles. The first kappa shape index (κ1) is 22.5. The minimum absolute atomic E-state index is 0.300. The van der Waals surface area contributed by atoms with Crippen LogP contribution in [0.15, 0.2) is 42.9 Å². The summed E-state index contributed by atoms with van der Waals surface area (Å²) in [6.07, 6.45) is 10.6. The summed E-state index contributed by atoms with van der Waals surface area (Å²) in [5, 5.41) is 4.56. The second-order valence-corrected chi connectivity index (χ2v) is 10.7. The number of anilines is 1. The second-order valence-electron chi connectivity index (χ2n) is 10.7. The van der Waals surface area contributed by atoms with E-state index in [-0.39, 0.29) is 0 Å². The lowest BCUT2D eigenvalue weighted by Crippen LogP contribution is -2.49. The Morgan fingerprint density at radius 2 is 1.74 bits per heavy atom. The van der Waals surface area contributed by atoms with Gasteiger partial charge in [0, 0.05) is 62.3 Å². The highest BCUT2D eigenvalue weighted by molar-refractivity contribution is 5.82. The molecule has 7 heteroatoms. The van der Waals surface area contributed by atoms with Crippen molar-refractivity contribution < 1.29 is 4.79 Å². The largest absolute Gasteiger partial charge is 0.366 e. The van der Waals surface area contributed by atoms with Gasteiger partial charge < -0.3 is 14.7 Å². The van der Waals surface area contributed by atoms with Crippen LogP contribution < -0.4 is 4.90 Å². The van der Waals surface area contributed by atoms with E-state index >= 15 is 0 Å². The van der Waals surface area contributed by atoms with Gasteiger partial charge in [0.25, 0.3) is 0 Å². The van der Waals surface area contributed by atoms with E-state index < -0.39 is 0 Å². The van der Waals surface area contributed by atoms with Crippen LogP contribution in [0.3, 0.4) is 0 Å². The Kier molecular flexibility index (Phi) is 5.96. The van der Waals surface area contributed by atoms with Gasteiger partial charge in [0.2, 0.25) is 5.91 Å². The van der Waals surface area contributed by atoms with Gasteiger partial charge in [0.1, 0.15) is 0 Å². The molecule has 5 heterocycles. The van der Waals surface area contributed by atoms with Crippen LogP contribution in [0, 0.1) is 5.92 Å². The number of piperidine rings is 1. The number of hydrogen-bond acceptors (Lipinski definition) is 5. The van der Waals surface area contributed by atoms with Gasteiger partial charge in [-0.2, -0.15) is 5.10 Å². The Balaban J connectivity index is 1.16. The van der Waals surface area contributed by atoms with Gasteiger partial charge in [0.15, 0.2) is 0 Å². The molecule has 2 saturated heterocycles. The number of aromatic nitrogens is 3. The zero-order valence-electron chi connectivity index (χ0n) is 20.9. The molecule has 1 aliphatic carbocycles. The van der Waals surface area contributed by atoms with Crippen molar-refractivity contribution in [2.24, 2.45) is 5.92 Å². The standard InChI is InChI=1S/C28H36N6O/c1-20(2)31-11-8-21(9-12-31)23-5-6-25(29-18-23)24-17-27-26(7-10-30-34(27)19-24)32-13-15-33(16-14-32)28(35)22-3-4-22/h5-7,10,17-22H,3-4,8-9,11-16H2,1-2H3. The summed E-state index contributed by atoms with van der Waals surface area (Å²) in [6.45, 7) is 10.2. The topological polar surface area (TPSA) is 57.0 Å². The van der Waals surface area contributed by atoms with Gasteiger partial charge in [-0.1, -0.05) is 6.07 Å². The van der Waals surface area contributed by atoms with Gasteiger partial charge in [-0.15, -0.1) is 0 Å². The fraction of sp³-hybridized carbons (Fsp3) is 0.536. The molecule has 6 rings (SSSR count). The van der Waals surface area contributed by atoms with Crippen molar-refractivity contribution in [2.45, 2.75) is 51.5 Å². The van der Waals surface area contributed by atoms with Crippen LogP contribution in [0.25, 0.3) is 16.8 Å². The van der Waals surface area contributed by atoms with Crippen molar-refractivity contribution in [3.8, 4) is 11.3 Å². The lowest BCUT2D eigenvalue weighted by molar-refractivity contribution is -0.132. The molecule has 0 N–H and O–H groups in total. The molecule has 7 nitrogen and oxygen atoms in total. The van der Waals surface area contributed by atoms with Crippen LogP contribution in [-0.2, 0) is 4.79 Å². The van der Waals surface area contributed by atoms with E-state index in [1.54, 1.807) is 0 Å². The zero-order valence-corrected chi connectivity index (χ0v) is 20.9. The molecule has 0 unspecified atom stereocenters. The van der Waals surface area contributed by atoms with Crippen LogP contribution in [-0.4, -0.2) is 75.6 Å². The summed E-state index contributed by atoms with van der Waals surface area (Å²) < 4.78 is 1.96. The first-order chi connectivity index (χ1) is 17.1. The molecule has 184 valence electrons. The Morgan fingerprint density at radius 1 is 0.971 bits per heavy atom. The van der Waals surface area contributed by atoms with Crippen molar-refractivity contribution in [3.05, 3.63) is 48.4 Å². The monoisotopic (exact) mass is 472 g/mol. The summed E-state index contributed by atoms with van der Waals surface area (Å²) in [4.78, 5) is 24.3. The smallest absolute Gasteiger partial charge is 0.225 e. The first-order valence-electron chi connectivity index (χ1n) is 13.3. The molecule has 0 radical (unpaired) electrons. The fourth-order valence-electron chi connectivity index (χ4n) is 5.73. The number of rotatable bonds is 5. The number of amides is 1. The van der Waals surface area contributed by atoms with E-state index in [0.717, 1.165) is 55.8 Å². The number of fused-ring (bicyclic) bond motifs is 1. The molecule has 3 aliphatic rings. The van der Waals surface area contributed by atoms with Crippen molar-refractivity contribution in [2.75, 3.05) is 44.2 Å². The minimum atomic E-state index is 0.300. The van der Waals surface area contributed by atoms with Crippen molar-refractivity contribution in [1.29, 1.82) is 0 Å². The number of carbonyl (C=O) groups excluding carboxylic acids is 1. The van der Waals surface area contributed by atoms with Crippen LogP contribution >= 0.6 is 0 Å². The zero-order chi connectivity index (χ0) is 23.9. The van der Waals surface area contributed by atoms with Gasteiger partial charge >= 0.3 is 0 Å². The van der Waals surface area contributed by atoms with Crippen molar-refractivity contribution in [1.82, 2.24) is 24.4 Å². The average Bonchev–Trinajstić information content (AvgIpc) is 3.66. The molecule has 3 aromatic rings. The summed E-state index contributed by atoms with van der Waals surface area (Å²) in [5.41, 5.74) is 5.71. The quantitative estimate of drug-likeness (QED) is 0.561. The van der Waals surface area contributed by atoms with E-state index in [0.29, 0.717) is 23.8 Å². The van der Waals surface area contributed by atoms with Crippen LogP contribution in [0.1, 0.15) is 51.0 Å². The molecular formula is C28H36N6O. The highest BCUT2D eigenvalue weighted by Gasteiger charge is 2.34. The molecule has 0 bridgehead atoms. The van der Waals surface area contributed by atoms with Crippen LogP contribution in [0.2, 0.25) is 0 Å². The number of hydrogen-bond donors (Lipinski definition) is 0. The Labute approximate surface area is 207 Å². The molecule has 0 atom stereocenters. The average molecular weight is 473 g/mol. The van der Waals surface area contributed by atoms with Gasteiger partial charge in [0.05, 0.1) is 16.9 Å². The summed E-state index contributed by atoms with van der Waals surface area (Å²) in [7, 11) is 0. The van der Waals surface area contributed by atoms with Crippen LogP contribution in [0.5, 0.6) is 0 Å². The maximum Gasteiger partial charge on any atom is 0.225 e. The van der Waals surface area contributed by atoms with Crippen molar-refractivity contribution >= 4 is 17.1 Å². The molecular weight excluding hydrogens is 436 g/mol. The fourth-order valence-corrected chi connectivity index (χ4v) is 5.73. The molecule has 3 fully saturated rings. The van der Waals surface area contributed by atoms with Crippen molar-refractivity contribution in [3.63, 3.8) is 0 Å². The third-order valence-electron chi connectivity index (χ3n) is 8.16. The molecule has 0 spiro atoms. The Morgan fingerprint density at radius 3 is 2.40 bits per heavy atom. The Bertz CT molecular complexity index is 1180. The van der Waals surface area contributed by atoms with Gasteiger partial charge in [-0.25, -0.2) is 4.52 Å². The number of nitrogens with zero attached hydrogens (tertiary/aromatic N) is 6. The summed E-state index contributed by atoms with van der Waals surface area (Å²) in [5.74, 6) is 1.27. The lowest BCUT2D eigenvalue weighted by Gasteiger charge is -2.36. The first-order valence-corrected chi connectivity index (χ1v) is 13.3. The van der Waals surface area contributed by atoms with Gasteiger partial charge in [-0.05, 0) is 82.3 Å². The number of likely N-dealkylation sites (tertiary alicyclic amines) is 1. The second kappa shape index (κ2) is 9.26. The van der Waals surface area contributed by atoms with E-state index in [4.69, 9.17) is 4.98 Å². The molecule has 35 heavy (non-hydrogen) atoms. The highest BCUT2D eigenvalue weighted by atomic mass is 16.2. The molecule has 1 saturated carbocycles. The van der Waals surface area contributed by atoms with E-state index in [2.05, 4.69) is 65.4 Å². The predicted molar refractivity (Wildman–Crippen MR) is 139 cm³/mol. The number of piperazine rings is 1. The Hall–Kier alpha value is -2.93. The molecule has 2 aliphatic heterocycles. The predicted octanol–water partition coefficient (Wildman–Crippen LogP) is 4.04. The minimum Gasteiger partial charge on any atom is -0.366 e. The summed E-state index contributed by atoms with van der Waals surface area (Å²) >= 11 is 0. The van der Waals surface area contributed by atoms with Crippen LogP contribution in [0.4, 0.5) is 5.69 Å².